The Morgan fingerprint density at radius 2 is 2.29 bits per heavy atom. The van der Waals surface area contributed by atoms with E-state index in [-0.39, 0.29) is 5.60 Å². The van der Waals surface area contributed by atoms with Gasteiger partial charge in [0.2, 0.25) is 5.88 Å². The van der Waals surface area contributed by atoms with E-state index in [4.69, 9.17) is 9.47 Å². The van der Waals surface area contributed by atoms with Gasteiger partial charge >= 0.3 is 0 Å². The fourth-order valence-corrected chi connectivity index (χ4v) is 4.41. The maximum atomic E-state index is 6.14. The first-order valence-corrected chi connectivity index (χ1v) is 9.02. The number of ether oxygens (including phenoxy) is 2. The standard InChI is InChI=1S/C16H24N2O2S/c1-2-19-15-4-3-14(12-17-15)18-13-5-8-20-16(11-13)6-9-21-10-7-16/h3-4,12-13,18H,2,5-11H2,1H3. The van der Waals surface area contributed by atoms with Crippen LogP contribution in [0.3, 0.4) is 0 Å². The van der Waals surface area contributed by atoms with Crippen LogP contribution < -0.4 is 10.1 Å². The van der Waals surface area contributed by atoms with Gasteiger partial charge < -0.3 is 14.8 Å². The molecular weight excluding hydrogens is 284 g/mol. The van der Waals surface area contributed by atoms with Gasteiger partial charge in [0.25, 0.3) is 0 Å². The number of anilines is 1. The van der Waals surface area contributed by atoms with Crippen LogP contribution in [0.1, 0.15) is 32.6 Å². The molecule has 0 radical (unpaired) electrons. The van der Waals surface area contributed by atoms with Crippen LogP contribution in [0.25, 0.3) is 0 Å². The minimum Gasteiger partial charge on any atom is -0.478 e. The number of aromatic nitrogens is 1. The molecule has 1 spiro atoms. The predicted octanol–water partition coefficient (Wildman–Crippen LogP) is 3.34. The average molecular weight is 308 g/mol. The molecule has 3 rings (SSSR count). The van der Waals surface area contributed by atoms with Crippen molar-refractivity contribution in [2.75, 3.05) is 30.0 Å². The molecule has 21 heavy (non-hydrogen) atoms. The maximum absolute atomic E-state index is 6.14. The third-order valence-corrected chi connectivity index (χ3v) is 5.28. The molecule has 1 aromatic rings. The van der Waals surface area contributed by atoms with Gasteiger partial charge in [0.1, 0.15) is 0 Å². The summed E-state index contributed by atoms with van der Waals surface area (Å²) in [6.45, 7) is 3.49. The molecule has 1 N–H and O–H groups in total. The molecule has 1 atom stereocenters. The Kier molecular flexibility index (Phi) is 4.91. The third-order valence-electron chi connectivity index (χ3n) is 4.30. The SMILES string of the molecule is CCOc1ccc(NC2CCOC3(CCSCC3)C2)cn1. The molecule has 0 saturated carbocycles. The first-order chi connectivity index (χ1) is 10.3. The lowest BCUT2D eigenvalue weighted by Gasteiger charge is -2.43. The summed E-state index contributed by atoms with van der Waals surface area (Å²) in [6.07, 6.45) is 6.43. The van der Waals surface area contributed by atoms with E-state index in [1.807, 2.05) is 30.9 Å². The Labute approximate surface area is 131 Å². The summed E-state index contributed by atoms with van der Waals surface area (Å²) in [7, 11) is 0. The zero-order valence-electron chi connectivity index (χ0n) is 12.6. The van der Waals surface area contributed by atoms with Crippen molar-refractivity contribution in [2.24, 2.45) is 0 Å². The van der Waals surface area contributed by atoms with E-state index in [1.54, 1.807) is 0 Å². The van der Waals surface area contributed by atoms with E-state index in [2.05, 4.69) is 16.4 Å². The molecule has 116 valence electrons. The first-order valence-electron chi connectivity index (χ1n) is 7.87. The second kappa shape index (κ2) is 6.88. The summed E-state index contributed by atoms with van der Waals surface area (Å²) in [5.74, 6) is 3.16. The molecule has 2 fully saturated rings. The Hall–Kier alpha value is -0.940. The number of pyridine rings is 1. The van der Waals surface area contributed by atoms with Gasteiger partial charge in [-0.2, -0.15) is 11.8 Å². The molecule has 3 heterocycles. The lowest BCUT2D eigenvalue weighted by Crippen LogP contribution is -2.46. The van der Waals surface area contributed by atoms with Crippen molar-refractivity contribution in [1.29, 1.82) is 0 Å². The van der Waals surface area contributed by atoms with E-state index in [0.29, 0.717) is 18.5 Å². The highest BCUT2D eigenvalue weighted by Crippen LogP contribution is 2.38. The summed E-state index contributed by atoms with van der Waals surface area (Å²) >= 11 is 2.05. The molecular formula is C16H24N2O2S. The average Bonchev–Trinajstić information content (AvgIpc) is 2.50. The molecule has 2 aliphatic rings. The Balaban J connectivity index is 1.59. The van der Waals surface area contributed by atoms with Crippen LogP contribution in [-0.4, -0.2) is 41.3 Å². The fraction of sp³-hybridized carbons (Fsp3) is 0.688. The van der Waals surface area contributed by atoms with Crippen LogP contribution in [0.15, 0.2) is 18.3 Å². The minimum absolute atomic E-state index is 0.125. The van der Waals surface area contributed by atoms with Crippen LogP contribution >= 0.6 is 11.8 Å². The second-order valence-electron chi connectivity index (χ2n) is 5.80. The Morgan fingerprint density at radius 3 is 3.00 bits per heavy atom. The zero-order chi connectivity index (χ0) is 14.5. The van der Waals surface area contributed by atoms with Gasteiger partial charge in [0, 0.05) is 18.7 Å². The van der Waals surface area contributed by atoms with Crippen LogP contribution in [-0.2, 0) is 4.74 Å². The largest absolute Gasteiger partial charge is 0.478 e. The second-order valence-corrected chi connectivity index (χ2v) is 7.02. The zero-order valence-corrected chi connectivity index (χ0v) is 13.5. The van der Waals surface area contributed by atoms with Gasteiger partial charge in [-0.25, -0.2) is 4.98 Å². The monoisotopic (exact) mass is 308 g/mol. The third kappa shape index (κ3) is 3.83. The Bertz CT molecular complexity index is 441. The van der Waals surface area contributed by atoms with Crippen molar-refractivity contribution >= 4 is 17.4 Å². The van der Waals surface area contributed by atoms with E-state index < -0.39 is 0 Å². The van der Waals surface area contributed by atoms with Gasteiger partial charge in [0.15, 0.2) is 0 Å². The van der Waals surface area contributed by atoms with Crippen LogP contribution in [0.5, 0.6) is 5.88 Å². The molecule has 0 aliphatic carbocycles. The molecule has 2 aliphatic heterocycles. The van der Waals surface area contributed by atoms with Crippen molar-refractivity contribution in [3.05, 3.63) is 18.3 Å². The highest BCUT2D eigenvalue weighted by molar-refractivity contribution is 7.99. The molecule has 2 saturated heterocycles. The molecule has 0 aromatic carbocycles. The highest BCUT2D eigenvalue weighted by Gasteiger charge is 2.38. The smallest absolute Gasteiger partial charge is 0.213 e. The number of rotatable bonds is 4. The lowest BCUT2D eigenvalue weighted by molar-refractivity contribution is -0.0865. The van der Waals surface area contributed by atoms with E-state index in [0.717, 1.165) is 25.1 Å². The quantitative estimate of drug-likeness (QED) is 0.924. The Morgan fingerprint density at radius 1 is 1.43 bits per heavy atom. The normalized spacial score (nSPS) is 24.7. The number of nitrogens with zero attached hydrogens (tertiary/aromatic N) is 1. The first kappa shape index (κ1) is 15.0. The summed E-state index contributed by atoms with van der Waals surface area (Å²) < 4.78 is 11.5. The number of hydrogen-bond donors (Lipinski definition) is 1. The molecule has 4 nitrogen and oxygen atoms in total. The predicted molar refractivity (Wildman–Crippen MR) is 87.3 cm³/mol. The summed E-state index contributed by atoms with van der Waals surface area (Å²) in [6, 6.07) is 4.47. The number of nitrogens with one attached hydrogen (secondary N) is 1. The minimum atomic E-state index is 0.125. The van der Waals surface area contributed by atoms with Crippen molar-refractivity contribution in [3.63, 3.8) is 0 Å². The van der Waals surface area contributed by atoms with E-state index >= 15 is 0 Å². The summed E-state index contributed by atoms with van der Waals surface area (Å²) in [4.78, 5) is 4.32. The molecule has 5 heteroatoms. The van der Waals surface area contributed by atoms with Crippen LogP contribution in [0.2, 0.25) is 0 Å². The van der Waals surface area contributed by atoms with Gasteiger partial charge in [-0.15, -0.1) is 0 Å². The van der Waals surface area contributed by atoms with Gasteiger partial charge in [0.05, 0.1) is 24.1 Å². The van der Waals surface area contributed by atoms with Gasteiger partial charge in [-0.3, -0.25) is 0 Å². The molecule has 0 bridgehead atoms. The van der Waals surface area contributed by atoms with E-state index in [9.17, 15) is 0 Å². The highest BCUT2D eigenvalue weighted by atomic mass is 32.2. The number of thioether (sulfide) groups is 1. The summed E-state index contributed by atoms with van der Waals surface area (Å²) in [5.41, 5.74) is 1.20. The van der Waals surface area contributed by atoms with Crippen molar-refractivity contribution in [3.8, 4) is 5.88 Å². The van der Waals surface area contributed by atoms with Crippen molar-refractivity contribution in [2.45, 2.75) is 44.2 Å². The fourth-order valence-electron chi connectivity index (χ4n) is 3.18. The van der Waals surface area contributed by atoms with Crippen LogP contribution in [0.4, 0.5) is 5.69 Å². The van der Waals surface area contributed by atoms with Crippen LogP contribution in [0, 0.1) is 0 Å². The topological polar surface area (TPSA) is 43.4 Å². The lowest BCUT2D eigenvalue weighted by atomic mass is 9.85. The van der Waals surface area contributed by atoms with Gasteiger partial charge in [-0.05, 0) is 50.2 Å². The maximum Gasteiger partial charge on any atom is 0.213 e. The van der Waals surface area contributed by atoms with Crippen molar-refractivity contribution < 1.29 is 9.47 Å². The van der Waals surface area contributed by atoms with Gasteiger partial charge in [-0.1, -0.05) is 0 Å². The number of hydrogen-bond acceptors (Lipinski definition) is 5. The summed E-state index contributed by atoms with van der Waals surface area (Å²) in [5, 5.41) is 3.62. The molecule has 1 aromatic heterocycles. The van der Waals surface area contributed by atoms with Crippen molar-refractivity contribution in [1.82, 2.24) is 4.98 Å². The van der Waals surface area contributed by atoms with E-state index in [1.165, 1.54) is 24.3 Å². The molecule has 0 amide bonds. The molecule has 1 unspecified atom stereocenters.